The number of hydrogen-bond acceptors (Lipinski definition) is 3. The van der Waals surface area contributed by atoms with E-state index in [1.807, 2.05) is 40.1 Å². The molecule has 3 nitrogen and oxygen atoms in total. The topological polar surface area (TPSA) is 38.5 Å². The van der Waals surface area contributed by atoms with Crippen molar-refractivity contribution < 1.29 is 4.74 Å². The van der Waals surface area contributed by atoms with Crippen molar-refractivity contribution in [2.45, 2.75) is 25.4 Å². The summed E-state index contributed by atoms with van der Waals surface area (Å²) in [5.74, 6) is 0.871. The zero-order valence-corrected chi connectivity index (χ0v) is 10.8. The minimum absolute atomic E-state index is 0.193. The Morgan fingerprint density at radius 2 is 1.69 bits per heavy atom. The number of benzene rings is 1. The lowest BCUT2D eigenvalue weighted by Gasteiger charge is -2.36. The molecule has 1 aromatic carbocycles. The van der Waals surface area contributed by atoms with Gasteiger partial charge >= 0.3 is 0 Å². The smallest absolute Gasteiger partial charge is 0.118 e. The summed E-state index contributed by atoms with van der Waals surface area (Å²) in [6.07, 6.45) is 0. The molecule has 0 heterocycles. The van der Waals surface area contributed by atoms with E-state index in [-0.39, 0.29) is 11.6 Å². The molecule has 2 N–H and O–H groups in total. The van der Waals surface area contributed by atoms with E-state index in [0.29, 0.717) is 0 Å². The molecular formula is C13H22N2O. The number of ether oxygens (including phenoxy) is 1. The van der Waals surface area contributed by atoms with Gasteiger partial charge in [0.15, 0.2) is 0 Å². The number of nitrogens with zero attached hydrogens (tertiary/aromatic N) is 1. The Morgan fingerprint density at radius 1 is 1.19 bits per heavy atom. The predicted molar refractivity (Wildman–Crippen MR) is 67.7 cm³/mol. The summed E-state index contributed by atoms with van der Waals surface area (Å²) in [4.78, 5) is 2.14. The average Bonchev–Trinajstić information content (AvgIpc) is 2.16. The first-order chi connectivity index (χ1) is 7.36. The largest absolute Gasteiger partial charge is 0.497 e. The Hall–Kier alpha value is -1.06. The highest BCUT2D eigenvalue weighted by Gasteiger charge is 2.28. The molecule has 0 spiro atoms. The standard InChI is InChI=1S/C13H22N2O/c1-13(2,14)12(15(3)4)10-6-8-11(16-5)9-7-10/h6-9,12H,14H2,1-5H3. The van der Waals surface area contributed by atoms with Crippen LogP contribution in [0.2, 0.25) is 0 Å². The number of nitrogens with two attached hydrogens (primary N) is 1. The van der Waals surface area contributed by atoms with Gasteiger partial charge in [-0.05, 0) is 45.6 Å². The van der Waals surface area contributed by atoms with E-state index in [1.165, 1.54) is 5.56 Å². The predicted octanol–water partition coefficient (Wildman–Crippen LogP) is 2.04. The molecule has 0 saturated heterocycles. The number of rotatable bonds is 4. The van der Waals surface area contributed by atoms with Crippen LogP contribution in [0.25, 0.3) is 0 Å². The number of likely N-dealkylation sites (N-methyl/N-ethyl adjacent to an activating group) is 1. The Morgan fingerprint density at radius 3 is 2.00 bits per heavy atom. The van der Waals surface area contributed by atoms with Crippen molar-refractivity contribution in [1.82, 2.24) is 4.90 Å². The van der Waals surface area contributed by atoms with Gasteiger partial charge in [-0.3, -0.25) is 0 Å². The molecule has 0 aromatic heterocycles. The lowest BCUT2D eigenvalue weighted by atomic mass is 9.89. The molecule has 0 aliphatic rings. The quantitative estimate of drug-likeness (QED) is 0.847. The second kappa shape index (κ2) is 4.85. The Bertz CT molecular complexity index is 325. The van der Waals surface area contributed by atoms with Crippen LogP contribution in [-0.4, -0.2) is 31.6 Å². The summed E-state index contributed by atoms with van der Waals surface area (Å²) in [5.41, 5.74) is 7.14. The molecule has 0 radical (unpaired) electrons. The maximum absolute atomic E-state index is 6.21. The van der Waals surface area contributed by atoms with Crippen LogP contribution in [0.4, 0.5) is 0 Å². The summed E-state index contributed by atoms with van der Waals surface area (Å²) >= 11 is 0. The van der Waals surface area contributed by atoms with Gasteiger partial charge in [0.05, 0.1) is 13.2 Å². The van der Waals surface area contributed by atoms with Gasteiger partial charge in [-0.1, -0.05) is 12.1 Å². The van der Waals surface area contributed by atoms with Crippen LogP contribution in [0.5, 0.6) is 5.75 Å². The molecule has 1 aromatic rings. The molecule has 0 amide bonds. The summed E-state index contributed by atoms with van der Waals surface area (Å²) < 4.78 is 5.15. The molecule has 0 bridgehead atoms. The zero-order valence-electron chi connectivity index (χ0n) is 10.8. The van der Waals surface area contributed by atoms with E-state index in [4.69, 9.17) is 10.5 Å². The SMILES string of the molecule is COc1ccc(C(N(C)C)C(C)(C)N)cc1. The number of hydrogen-bond donors (Lipinski definition) is 1. The maximum Gasteiger partial charge on any atom is 0.118 e. The maximum atomic E-state index is 6.21. The molecule has 0 saturated carbocycles. The van der Waals surface area contributed by atoms with Crippen LogP contribution in [-0.2, 0) is 0 Å². The van der Waals surface area contributed by atoms with Crippen molar-refractivity contribution in [2.75, 3.05) is 21.2 Å². The third-order valence-electron chi connectivity index (χ3n) is 2.65. The summed E-state index contributed by atoms with van der Waals surface area (Å²) in [5, 5.41) is 0. The molecule has 1 rings (SSSR count). The third kappa shape index (κ3) is 2.97. The lowest BCUT2D eigenvalue weighted by Crippen LogP contribution is -2.45. The molecule has 0 aliphatic heterocycles. The molecule has 0 fully saturated rings. The summed E-state index contributed by atoms with van der Waals surface area (Å²) in [6, 6.07) is 8.27. The van der Waals surface area contributed by atoms with Crippen molar-refractivity contribution >= 4 is 0 Å². The number of methoxy groups -OCH3 is 1. The van der Waals surface area contributed by atoms with Gasteiger partial charge < -0.3 is 15.4 Å². The minimum Gasteiger partial charge on any atom is -0.497 e. The van der Waals surface area contributed by atoms with Gasteiger partial charge in [-0.2, -0.15) is 0 Å². The molecule has 90 valence electrons. The van der Waals surface area contributed by atoms with Gasteiger partial charge in [0.2, 0.25) is 0 Å². The van der Waals surface area contributed by atoms with Crippen molar-refractivity contribution in [2.24, 2.45) is 5.73 Å². The lowest BCUT2D eigenvalue weighted by molar-refractivity contribution is 0.204. The Balaban J connectivity index is 3.03. The third-order valence-corrected chi connectivity index (χ3v) is 2.65. The van der Waals surface area contributed by atoms with E-state index in [1.54, 1.807) is 7.11 Å². The minimum atomic E-state index is -0.280. The van der Waals surface area contributed by atoms with Gasteiger partial charge in [0.1, 0.15) is 5.75 Å². The van der Waals surface area contributed by atoms with Crippen LogP contribution in [0.1, 0.15) is 25.5 Å². The first-order valence-corrected chi connectivity index (χ1v) is 5.45. The van der Waals surface area contributed by atoms with Crippen molar-refractivity contribution in [3.05, 3.63) is 29.8 Å². The molecule has 0 aliphatic carbocycles. The van der Waals surface area contributed by atoms with Gasteiger partial charge in [0, 0.05) is 5.54 Å². The van der Waals surface area contributed by atoms with E-state index in [9.17, 15) is 0 Å². The Kier molecular flexibility index (Phi) is 3.94. The highest BCUT2D eigenvalue weighted by Crippen LogP contribution is 2.29. The fourth-order valence-electron chi connectivity index (χ4n) is 2.18. The van der Waals surface area contributed by atoms with Crippen molar-refractivity contribution in [3.8, 4) is 5.75 Å². The van der Waals surface area contributed by atoms with Gasteiger partial charge in [0.25, 0.3) is 0 Å². The zero-order chi connectivity index (χ0) is 12.3. The van der Waals surface area contributed by atoms with Crippen molar-refractivity contribution in [3.63, 3.8) is 0 Å². The molecule has 16 heavy (non-hydrogen) atoms. The first-order valence-electron chi connectivity index (χ1n) is 5.45. The second-order valence-corrected chi connectivity index (χ2v) is 4.96. The van der Waals surface area contributed by atoms with Crippen LogP contribution >= 0.6 is 0 Å². The average molecular weight is 222 g/mol. The Labute approximate surface area is 98.2 Å². The van der Waals surface area contributed by atoms with E-state index in [2.05, 4.69) is 17.0 Å². The van der Waals surface area contributed by atoms with E-state index < -0.39 is 0 Å². The highest BCUT2D eigenvalue weighted by atomic mass is 16.5. The second-order valence-electron chi connectivity index (χ2n) is 4.96. The summed E-state index contributed by atoms with van der Waals surface area (Å²) in [6.45, 7) is 4.09. The molecule has 3 heteroatoms. The van der Waals surface area contributed by atoms with E-state index >= 15 is 0 Å². The molecule has 1 unspecified atom stereocenters. The fraction of sp³-hybridized carbons (Fsp3) is 0.538. The molecule has 1 atom stereocenters. The molecular weight excluding hydrogens is 200 g/mol. The van der Waals surface area contributed by atoms with Crippen LogP contribution in [0.15, 0.2) is 24.3 Å². The van der Waals surface area contributed by atoms with Gasteiger partial charge in [-0.25, -0.2) is 0 Å². The fourth-order valence-corrected chi connectivity index (χ4v) is 2.18. The van der Waals surface area contributed by atoms with E-state index in [0.717, 1.165) is 5.75 Å². The van der Waals surface area contributed by atoms with Gasteiger partial charge in [-0.15, -0.1) is 0 Å². The van der Waals surface area contributed by atoms with Crippen molar-refractivity contribution in [1.29, 1.82) is 0 Å². The normalized spacial score (nSPS) is 13.9. The first kappa shape index (κ1) is 13.0. The monoisotopic (exact) mass is 222 g/mol. The summed E-state index contributed by atoms with van der Waals surface area (Å²) in [7, 11) is 5.76. The van der Waals surface area contributed by atoms with Crippen LogP contribution < -0.4 is 10.5 Å². The highest BCUT2D eigenvalue weighted by molar-refractivity contribution is 5.30. The van der Waals surface area contributed by atoms with Crippen LogP contribution in [0, 0.1) is 0 Å². The van der Waals surface area contributed by atoms with Crippen LogP contribution in [0.3, 0.4) is 0 Å².